The normalized spacial score (nSPS) is 16.0. The van der Waals surface area contributed by atoms with Gasteiger partial charge >= 0.3 is 0 Å². The minimum atomic E-state index is -0.154. The topological polar surface area (TPSA) is 48.0 Å². The molecule has 6 heteroatoms. The molecule has 3 aromatic carbocycles. The van der Waals surface area contributed by atoms with E-state index < -0.39 is 0 Å². The highest BCUT2D eigenvalue weighted by molar-refractivity contribution is 9.10. The summed E-state index contributed by atoms with van der Waals surface area (Å²) in [5, 5.41) is 0. The zero-order chi connectivity index (χ0) is 22.5. The smallest absolute Gasteiger partial charge is 0.254 e. The van der Waals surface area contributed by atoms with E-state index in [1.54, 1.807) is 13.2 Å². The summed E-state index contributed by atoms with van der Waals surface area (Å²) in [5.41, 5.74) is 3.43. The number of methoxy groups -OCH3 is 1. The molecule has 3 aromatic rings. The zero-order valence-electron chi connectivity index (χ0n) is 18.2. The van der Waals surface area contributed by atoms with Crippen LogP contribution in [0.1, 0.15) is 28.9 Å². The molecule has 32 heavy (non-hydrogen) atoms. The molecular weight excluding hydrogens is 470 g/mol. The first-order valence-corrected chi connectivity index (χ1v) is 11.5. The molecular formula is C26H26BrNO4. The number of halogens is 1. The maximum Gasteiger partial charge on any atom is 0.254 e. The van der Waals surface area contributed by atoms with Crippen LogP contribution >= 0.6 is 15.9 Å². The van der Waals surface area contributed by atoms with Gasteiger partial charge in [0.2, 0.25) is 0 Å². The van der Waals surface area contributed by atoms with Gasteiger partial charge in [-0.1, -0.05) is 58.4 Å². The molecule has 0 aromatic heterocycles. The van der Waals surface area contributed by atoms with Gasteiger partial charge in [0.25, 0.3) is 5.91 Å². The summed E-state index contributed by atoms with van der Waals surface area (Å²) >= 11 is 3.46. The maximum absolute atomic E-state index is 13.5. The van der Waals surface area contributed by atoms with Crippen molar-refractivity contribution in [3.8, 4) is 22.6 Å². The predicted octanol–water partition coefficient (Wildman–Crippen LogP) is 5.74. The lowest BCUT2D eigenvalue weighted by atomic mass is 10.00. The number of rotatable bonds is 6. The summed E-state index contributed by atoms with van der Waals surface area (Å²) < 4.78 is 18.5. The molecule has 0 radical (unpaired) electrons. The van der Waals surface area contributed by atoms with Crippen LogP contribution in [0, 0.1) is 0 Å². The van der Waals surface area contributed by atoms with Crippen LogP contribution in [0.2, 0.25) is 0 Å². The molecule has 0 aliphatic carbocycles. The number of hydrogen-bond donors (Lipinski definition) is 0. The Morgan fingerprint density at radius 2 is 1.88 bits per heavy atom. The molecule has 0 saturated carbocycles. The van der Waals surface area contributed by atoms with Gasteiger partial charge in [0.05, 0.1) is 26.9 Å². The number of benzene rings is 3. The van der Waals surface area contributed by atoms with Crippen LogP contribution in [-0.2, 0) is 4.74 Å². The average Bonchev–Trinajstić information content (AvgIpc) is 2.84. The third kappa shape index (κ3) is 4.81. The van der Waals surface area contributed by atoms with Crippen molar-refractivity contribution in [1.29, 1.82) is 0 Å². The van der Waals surface area contributed by atoms with Crippen molar-refractivity contribution in [2.45, 2.75) is 13.0 Å². The molecule has 1 fully saturated rings. The molecule has 1 aliphatic rings. The van der Waals surface area contributed by atoms with Crippen LogP contribution in [0.15, 0.2) is 71.2 Å². The Labute approximate surface area is 197 Å². The Morgan fingerprint density at radius 1 is 1.12 bits per heavy atom. The number of nitrogens with zero attached hydrogens (tertiary/aromatic N) is 1. The first kappa shape index (κ1) is 22.4. The van der Waals surface area contributed by atoms with Crippen molar-refractivity contribution >= 4 is 21.8 Å². The van der Waals surface area contributed by atoms with Gasteiger partial charge in [0, 0.05) is 22.1 Å². The highest BCUT2D eigenvalue weighted by Crippen LogP contribution is 2.40. The molecule has 1 atom stereocenters. The highest BCUT2D eigenvalue weighted by Gasteiger charge is 2.28. The number of morpholine rings is 1. The molecule has 0 N–H and O–H groups in total. The van der Waals surface area contributed by atoms with Crippen LogP contribution in [0.25, 0.3) is 11.1 Å². The second-order valence-electron chi connectivity index (χ2n) is 7.52. The van der Waals surface area contributed by atoms with Crippen molar-refractivity contribution < 1.29 is 19.0 Å². The number of carbonyl (C=O) groups excluding carboxylic acids is 1. The molecule has 166 valence electrons. The molecule has 4 rings (SSSR count). The lowest BCUT2D eigenvalue weighted by Crippen LogP contribution is -2.42. The van der Waals surface area contributed by atoms with E-state index in [2.05, 4.69) is 15.9 Å². The van der Waals surface area contributed by atoms with Gasteiger partial charge in [-0.2, -0.15) is 0 Å². The fourth-order valence-corrected chi connectivity index (χ4v) is 4.19. The molecule has 1 heterocycles. The fourth-order valence-electron chi connectivity index (χ4n) is 3.93. The van der Waals surface area contributed by atoms with Crippen molar-refractivity contribution in [3.63, 3.8) is 0 Å². The van der Waals surface area contributed by atoms with Gasteiger partial charge in [-0.05, 0) is 42.3 Å². The third-order valence-electron chi connectivity index (χ3n) is 5.49. The van der Waals surface area contributed by atoms with Crippen molar-refractivity contribution in [2.24, 2.45) is 0 Å². The van der Waals surface area contributed by atoms with Gasteiger partial charge < -0.3 is 19.1 Å². The third-order valence-corrected chi connectivity index (χ3v) is 6.01. The summed E-state index contributed by atoms with van der Waals surface area (Å²) in [5.74, 6) is 1.15. The van der Waals surface area contributed by atoms with E-state index in [1.165, 1.54) is 0 Å². The maximum atomic E-state index is 13.5. The Morgan fingerprint density at radius 3 is 2.56 bits per heavy atom. The van der Waals surface area contributed by atoms with E-state index in [4.69, 9.17) is 14.2 Å². The van der Waals surface area contributed by atoms with E-state index in [1.807, 2.05) is 72.5 Å². The Balaban J connectivity index is 1.66. The van der Waals surface area contributed by atoms with E-state index in [0.717, 1.165) is 21.2 Å². The van der Waals surface area contributed by atoms with E-state index >= 15 is 0 Å². The first-order chi connectivity index (χ1) is 15.6. The monoisotopic (exact) mass is 495 g/mol. The Bertz CT molecular complexity index is 1070. The van der Waals surface area contributed by atoms with Crippen LogP contribution < -0.4 is 9.47 Å². The second-order valence-corrected chi connectivity index (χ2v) is 8.43. The molecule has 1 aliphatic heterocycles. The van der Waals surface area contributed by atoms with E-state index in [9.17, 15) is 4.79 Å². The quantitative estimate of drug-likeness (QED) is 0.437. The summed E-state index contributed by atoms with van der Waals surface area (Å²) in [4.78, 5) is 15.4. The first-order valence-electron chi connectivity index (χ1n) is 10.7. The second kappa shape index (κ2) is 10.2. The Kier molecular flexibility index (Phi) is 7.12. The largest absolute Gasteiger partial charge is 0.492 e. The van der Waals surface area contributed by atoms with E-state index in [-0.39, 0.29) is 12.0 Å². The van der Waals surface area contributed by atoms with Crippen LogP contribution in [0.4, 0.5) is 0 Å². The van der Waals surface area contributed by atoms with Crippen molar-refractivity contribution in [3.05, 3.63) is 82.3 Å². The summed E-state index contributed by atoms with van der Waals surface area (Å²) in [6, 6.07) is 21.6. The fraction of sp³-hybridized carbons (Fsp3) is 0.269. The van der Waals surface area contributed by atoms with Crippen LogP contribution in [0.3, 0.4) is 0 Å². The number of ether oxygens (including phenoxy) is 3. The number of hydrogen-bond acceptors (Lipinski definition) is 4. The van der Waals surface area contributed by atoms with Gasteiger partial charge in [0.1, 0.15) is 6.10 Å². The number of carbonyl (C=O) groups is 1. The Hall–Kier alpha value is -2.83. The highest BCUT2D eigenvalue weighted by atomic mass is 79.9. The SMILES string of the molecule is CCOc1cc(C(=O)N2CCO[C@@H](c3ccc(Br)cc3)C2)cc(-c2ccccc2)c1OC. The van der Waals surface area contributed by atoms with E-state index in [0.29, 0.717) is 43.4 Å². The molecule has 0 spiro atoms. The van der Waals surface area contributed by atoms with Crippen molar-refractivity contribution in [2.75, 3.05) is 33.4 Å². The van der Waals surface area contributed by atoms with Gasteiger partial charge in [0.15, 0.2) is 11.5 Å². The molecule has 0 unspecified atom stereocenters. The summed E-state index contributed by atoms with van der Waals surface area (Å²) in [7, 11) is 1.62. The minimum Gasteiger partial charge on any atom is -0.492 e. The minimum absolute atomic E-state index is 0.0452. The standard InChI is InChI=1S/C26H26BrNO4/c1-3-31-23-16-20(15-22(25(23)30-2)18-7-5-4-6-8-18)26(29)28-13-14-32-24(17-28)19-9-11-21(27)12-10-19/h4-12,15-16,24H,3,13-14,17H2,1-2H3/t24-/m1/s1. The lowest BCUT2D eigenvalue weighted by molar-refractivity contribution is -0.0228. The molecule has 1 amide bonds. The van der Waals surface area contributed by atoms with Crippen LogP contribution in [-0.4, -0.2) is 44.2 Å². The predicted molar refractivity (Wildman–Crippen MR) is 128 cm³/mol. The van der Waals surface area contributed by atoms with Gasteiger partial charge in [-0.3, -0.25) is 4.79 Å². The lowest BCUT2D eigenvalue weighted by Gasteiger charge is -2.33. The van der Waals surface area contributed by atoms with Crippen LogP contribution in [0.5, 0.6) is 11.5 Å². The zero-order valence-corrected chi connectivity index (χ0v) is 19.8. The summed E-state index contributed by atoms with van der Waals surface area (Å²) in [6.07, 6.45) is -0.154. The van der Waals surface area contributed by atoms with Gasteiger partial charge in [-0.25, -0.2) is 0 Å². The van der Waals surface area contributed by atoms with Gasteiger partial charge in [-0.15, -0.1) is 0 Å². The average molecular weight is 496 g/mol. The molecule has 0 bridgehead atoms. The molecule has 5 nitrogen and oxygen atoms in total. The molecule has 1 saturated heterocycles. The summed E-state index contributed by atoms with van der Waals surface area (Å²) in [6.45, 7) is 3.93. The van der Waals surface area contributed by atoms with Crippen molar-refractivity contribution in [1.82, 2.24) is 4.90 Å². The number of amides is 1.